The Bertz CT molecular complexity index is 325. The van der Waals surface area contributed by atoms with E-state index in [1.807, 2.05) is 0 Å². The molecule has 1 N–H and O–H groups in total. The molecule has 1 rings (SSSR count). The van der Waals surface area contributed by atoms with Crippen LogP contribution in [0.15, 0.2) is 24.3 Å². The lowest BCUT2D eigenvalue weighted by atomic mass is 9.91. The van der Waals surface area contributed by atoms with E-state index in [0.29, 0.717) is 6.04 Å². The van der Waals surface area contributed by atoms with Crippen molar-refractivity contribution in [1.82, 2.24) is 5.32 Å². The van der Waals surface area contributed by atoms with E-state index in [-0.39, 0.29) is 0 Å². The van der Waals surface area contributed by atoms with Crippen LogP contribution in [0.4, 0.5) is 0 Å². The summed E-state index contributed by atoms with van der Waals surface area (Å²) in [4.78, 5) is 0. The molecule has 0 radical (unpaired) electrons. The summed E-state index contributed by atoms with van der Waals surface area (Å²) in [5.41, 5.74) is 2.83. The lowest BCUT2D eigenvalue weighted by Crippen LogP contribution is -2.30. The van der Waals surface area contributed by atoms with Crippen LogP contribution in [0.1, 0.15) is 51.7 Å². The van der Waals surface area contributed by atoms with Gasteiger partial charge in [-0.15, -0.1) is 0 Å². The zero-order valence-electron chi connectivity index (χ0n) is 13.4. The number of benzene rings is 1. The van der Waals surface area contributed by atoms with Gasteiger partial charge in [-0.2, -0.15) is 0 Å². The molecule has 1 unspecified atom stereocenters. The Hall–Kier alpha value is -0.820. The van der Waals surface area contributed by atoms with E-state index in [1.54, 1.807) is 0 Å². The molecule has 19 heavy (non-hydrogen) atoms. The third-order valence-electron chi connectivity index (χ3n) is 3.61. The Kier molecular flexibility index (Phi) is 7.15. The van der Waals surface area contributed by atoms with Gasteiger partial charge >= 0.3 is 0 Å². The van der Waals surface area contributed by atoms with Crippen molar-refractivity contribution in [2.75, 3.05) is 6.54 Å². The molecule has 1 aromatic carbocycles. The van der Waals surface area contributed by atoms with Crippen LogP contribution in [0.25, 0.3) is 0 Å². The van der Waals surface area contributed by atoms with Crippen LogP contribution in [0, 0.1) is 18.8 Å². The van der Waals surface area contributed by atoms with Gasteiger partial charge in [0.1, 0.15) is 0 Å². The number of hydrogen-bond donors (Lipinski definition) is 1. The van der Waals surface area contributed by atoms with E-state index in [1.165, 1.54) is 30.4 Å². The molecule has 1 aromatic rings. The molecule has 0 amide bonds. The Morgan fingerprint density at radius 3 is 2.11 bits per heavy atom. The minimum atomic E-state index is 0.583. The van der Waals surface area contributed by atoms with Gasteiger partial charge in [0.05, 0.1) is 0 Å². The van der Waals surface area contributed by atoms with Crippen molar-refractivity contribution in [3.05, 3.63) is 35.4 Å². The number of hydrogen-bond acceptors (Lipinski definition) is 1. The first-order valence-electron chi connectivity index (χ1n) is 7.76. The summed E-state index contributed by atoms with van der Waals surface area (Å²) in [6, 6.07) is 9.61. The summed E-state index contributed by atoms with van der Waals surface area (Å²) in [7, 11) is 0. The maximum atomic E-state index is 3.60. The Morgan fingerprint density at radius 1 is 0.947 bits per heavy atom. The molecule has 0 saturated heterocycles. The standard InChI is InChI=1S/C18H31N/c1-14(2)6-9-18(13-19-15(3)4)12-17-10-7-16(5)8-11-17/h7-8,10-11,14-15,18-19H,6,9,12-13H2,1-5H3. The molecule has 0 bridgehead atoms. The summed E-state index contributed by atoms with van der Waals surface area (Å²) >= 11 is 0. The van der Waals surface area contributed by atoms with Gasteiger partial charge in [-0.25, -0.2) is 0 Å². The highest BCUT2D eigenvalue weighted by Crippen LogP contribution is 2.17. The predicted molar refractivity (Wildman–Crippen MR) is 85.6 cm³/mol. The molecular weight excluding hydrogens is 230 g/mol. The zero-order valence-corrected chi connectivity index (χ0v) is 13.4. The molecule has 0 spiro atoms. The van der Waals surface area contributed by atoms with Crippen molar-refractivity contribution >= 4 is 0 Å². The Balaban J connectivity index is 2.53. The number of nitrogens with one attached hydrogen (secondary N) is 1. The molecule has 0 fully saturated rings. The van der Waals surface area contributed by atoms with Crippen molar-refractivity contribution < 1.29 is 0 Å². The lowest BCUT2D eigenvalue weighted by Gasteiger charge is -2.20. The molecule has 0 aliphatic heterocycles. The topological polar surface area (TPSA) is 12.0 Å². The van der Waals surface area contributed by atoms with Gasteiger partial charge in [0.25, 0.3) is 0 Å². The van der Waals surface area contributed by atoms with Crippen molar-refractivity contribution in [1.29, 1.82) is 0 Å². The fourth-order valence-electron chi connectivity index (χ4n) is 2.31. The molecule has 0 heterocycles. The SMILES string of the molecule is Cc1ccc(CC(CCC(C)C)CNC(C)C)cc1. The van der Waals surface area contributed by atoms with Crippen LogP contribution in [0.3, 0.4) is 0 Å². The van der Waals surface area contributed by atoms with Crippen LogP contribution in [-0.4, -0.2) is 12.6 Å². The average Bonchev–Trinajstić information content (AvgIpc) is 2.35. The Morgan fingerprint density at radius 2 is 1.58 bits per heavy atom. The lowest BCUT2D eigenvalue weighted by molar-refractivity contribution is 0.386. The molecule has 1 heteroatoms. The summed E-state index contributed by atoms with van der Waals surface area (Å²) in [5, 5.41) is 3.60. The van der Waals surface area contributed by atoms with Gasteiger partial charge in [0.15, 0.2) is 0 Å². The Labute approximate surface area is 119 Å². The highest BCUT2D eigenvalue weighted by molar-refractivity contribution is 5.21. The summed E-state index contributed by atoms with van der Waals surface area (Å²) in [6.45, 7) is 12.4. The van der Waals surface area contributed by atoms with Crippen LogP contribution < -0.4 is 5.32 Å². The van der Waals surface area contributed by atoms with Gasteiger partial charge in [-0.05, 0) is 43.7 Å². The molecule has 0 aliphatic rings. The summed E-state index contributed by atoms with van der Waals surface area (Å²) in [6.07, 6.45) is 3.86. The maximum Gasteiger partial charge on any atom is 0.00104 e. The first-order chi connectivity index (χ1) is 8.97. The molecule has 0 saturated carbocycles. The van der Waals surface area contributed by atoms with Crippen LogP contribution in [0.5, 0.6) is 0 Å². The van der Waals surface area contributed by atoms with Gasteiger partial charge in [0.2, 0.25) is 0 Å². The number of rotatable bonds is 8. The second-order valence-corrected chi connectivity index (χ2v) is 6.59. The second kappa shape index (κ2) is 8.37. The van der Waals surface area contributed by atoms with E-state index >= 15 is 0 Å². The first-order valence-corrected chi connectivity index (χ1v) is 7.76. The molecule has 108 valence electrons. The van der Waals surface area contributed by atoms with E-state index < -0.39 is 0 Å². The average molecular weight is 261 g/mol. The molecule has 0 aliphatic carbocycles. The molecule has 1 atom stereocenters. The van der Waals surface area contributed by atoms with E-state index in [0.717, 1.165) is 18.4 Å². The molecular formula is C18H31N. The van der Waals surface area contributed by atoms with Crippen LogP contribution in [0.2, 0.25) is 0 Å². The zero-order chi connectivity index (χ0) is 14.3. The van der Waals surface area contributed by atoms with E-state index in [9.17, 15) is 0 Å². The molecule has 1 nitrogen and oxygen atoms in total. The largest absolute Gasteiger partial charge is 0.314 e. The first kappa shape index (κ1) is 16.2. The third kappa shape index (κ3) is 7.37. The fraction of sp³-hybridized carbons (Fsp3) is 0.667. The van der Waals surface area contributed by atoms with Crippen LogP contribution in [-0.2, 0) is 6.42 Å². The summed E-state index contributed by atoms with van der Waals surface area (Å²) in [5.74, 6) is 1.56. The van der Waals surface area contributed by atoms with Crippen LogP contribution >= 0.6 is 0 Å². The van der Waals surface area contributed by atoms with Crippen molar-refractivity contribution in [3.8, 4) is 0 Å². The second-order valence-electron chi connectivity index (χ2n) is 6.59. The minimum Gasteiger partial charge on any atom is -0.314 e. The monoisotopic (exact) mass is 261 g/mol. The predicted octanol–water partition coefficient (Wildman–Crippen LogP) is 4.59. The van der Waals surface area contributed by atoms with Gasteiger partial charge in [-0.1, -0.05) is 63.9 Å². The smallest absolute Gasteiger partial charge is 0.00104 e. The summed E-state index contributed by atoms with van der Waals surface area (Å²) < 4.78 is 0. The maximum absolute atomic E-state index is 3.60. The van der Waals surface area contributed by atoms with Crippen molar-refractivity contribution in [2.24, 2.45) is 11.8 Å². The normalized spacial score (nSPS) is 13.2. The molecule has 0 aromatic heterocycles. The fourth-order valence-corrected chi connectivity index (χ4v) is 2.31. The van der Waals surface area contributed by atoms with Gasteiger partial charge < -0.3 is 5.32 Å². The highest BCUT2D eigenvalue weighted by atomic mass is 14.9. The van der Waals surface area contributed by atoms with Crippen molar-refractivity contribution in [2.45, 2.75) is 59.9 Å². The quantitative estimate of drug-likeness (QED) is 0.722. The van der Waals surface area contributed by atoms with E-state index in [2.05, 4.69) is 64.2 Å². The minimum absolute atomic E-state index is 0.583. The van der Waals surface area contributed by atoms with Gasteiger partial charge in [-0.3, -0.25) is 0 Å². The highest BCUT2D eigenvalue weighted by Gasteiger charge is 2.11. The third-order valence-corrected chi connectivity index (χ3v) is 3.61. The van der Waals surface area contributed by atoms with E-state index in [4.69, 9.17) is 0 Å². The van der Waals surface area contributed by atoms with Gasteiger partial charge in [0, 0.05) is 6.04 Å². The van der Waals surface area contributed by atoms with Crippen molar-refractivity contribution in [3.63, 3.8) is 0 Å². The number of aryl methyl sites for hydroxylation is 1.